The molecule has 0 aliphatic carbocycles. The van der Waals surface area contributed by atoms with Crippen LogP contribution in [0.25, 0.3) is 11.0 Å². The van der Waals surface area contributed by atoms with E-state index in [1.54, 1.807) is 0 Å². The fourth-order valence-corrected chi connectivity index (χ4v) is 2.23. The Balaban J connectivity index is 1.82. The summed E-state index contributed by atoms with van der Waals surface area (Å²) in [6.45, 7) is 0.548. The SMILES string of the molecule is O=C(Nc1ccc2nc(C(F)(F)F)[nH]c2c1)C1CCCO1. The minimum absolute atomic E-state index is 0.192. The summed E-state index contributed by atoms with van der Waals surface area (Å²) in [6.07, 6.45) is -3.54. The number of aromatic nitrogens is 2. The number of amides is 1. The van der Waals surface area contributed by atoms with Crippen LogP contribution in [0.15, 0.2) is 18.2 Å². The van der Waals surface area contributed by atoms with Crippen molar-refractivity contribution in [1.82, 2.24) is 9.97 Å². The summed E-state index contributed by atoms with van der Waals surface area (Å²) in [6, 6.07) is 4.35. The van der Waals surface area contributed by atoms with Gasteiger partial charge in [-0.25, -0.2) is 4.98 Å². The highest BCUT2D eigenvalue weighted by Gasteiger charge is 2.34. The van der Waals surface area contributed by atoms with Crippen molar-refractivity contribution in [1.29, 1.82) is 0 Å². The molecule has 3 rings (SSSR count). The lowest BCUT2D eigenvalue weighted by Crippen LogP contribution is -2.26. The zero-order chi connectivity index (χ0) is 15.0. The zero-order valence-electron chi connectivity index (χ0n) is 10.8. The lowest BCUT2D eigenvalue weighted by atomic mass is 10.2. The number of carbonyl (C=O) groups excluding carboxylic acids is 1. The Labute approximate surface area is 117 Å². The maximum Gasteiger partial charge on any atom is 0.449 e. The fourth-order valence-electron chi connectivity index (χ4n) is 2.23. The van der Waals surface area contributed by atoms with Gasteiger partial charge in [-0.2, -0.15) is 13.2 Å². The third-order valence-electron chi connectivity index (χ3n) is 3.24. The first-order chi connectivity index (χ1) is 9.93. The van der Waals surface area contributed by atoms with Gasteiger partial charge in [0.05, 0.1) is 11.0 Å². The predicted molar refractivity (Wildman–Crippen MR) is 68.7 cm³/mol. The molecule has 1 fully saturated rings. The molecule has 1 aromatic carbocycles. The maximum atomic E-state index is 12.6. The summed E-state index contributed by atoms with van der Waals surface area (Å²) in [5, 5.41) is 2.63. The summed E-state index contributed by atoms with van der Waals surface area (Å²) >= 11 is 0. The molecule has 2 N–H and O–H groups in total. The predicted octanol–water partition coefficient (Wildman–Crippen LogP) is 2.70. The molecule has 1 aromatic heterocycles. The monoisotopic (exact) mass is 299 g/mol. The van der Waals surface area contributed by atoms with Gasteiger partial charge in [0.1, 0.15) is 6.10 Å². The number of nitrogens with one attached hydrogen (secondary N) is 2. The van der Waals surface area contributed by atoms with Crippen LogP contribution in [0.4, 0.5) is 18.9 Å². The molecule has 1 saturated heterocycles. The van der Waals surface area contributed by atoms with E-state index in [9.17, 15) is 18.0 Å². The number of nitrogens with zero attached hydrogens (tertiary/aromatic N) is 1. The number of H-pyrrole nitrogens is 1. The van der Waals surface area contributed by atoms with Crippen LogP contribution in [0.5, 0.6) is 0 Å². The molecule has 5 nitrogen and oxygen atoms in total. The molecule has 2 heterocycles. The topological polar surface area (TPSA) is 67.0 Å². The Morgan fingerprint density at radius 3 is 2.90 bits per heavy atom. The van der Waals surface area contributed by atoms with Gasteiger partial charge in [-0.15, -0.1) is 0 Å². The lowest BCUT2D eigenvalue weighted by Gasteiger charge is -2.10. The zero-order valence-corrected chi connectivity index (χ0v) is 10.8. The number of aromatic amines is 1. The van der Waals surface area contributed by atoms with Crippen molar-refractivity contribution in [2.45, 2.75) is 25.1 Å². The van der Waals surface area contributed by atoms with E-state index in [0.717, 1.165) is 6.42 Å². The molecule has 21 heavy (non-hydrogen) atoms. The van der Waals surface area contributed by atoms with Crippen LogP contribution in [0, 0.1) is 0 Å². The van der Waals surface area contributed by atoms with Crippen molar-refractivity contribution < 1.29 is 22.7 Å². The second-order valence-electron chi connectivity index (χ2n) is 4.81. The first kappa shape index (κ1) is 13.9. The number of halogens is 3. The molecule has 1 aliphatic heterocycles. The van der Waals surface area contributed by atoms with Gasteiger partial charge in [0.2, 0.25) is 5.82 Å². The maximum absolute atomic E-state index is 12.6. The molecule has 1 unspecified atom stereocenters. The minimum Gasteiger partial charge on any atom is -0.368 e. The number of hydrogen-bond acceptors (Lipinski definition) is 3. The Morgan fingerprint density at radius 1 is 1.43 bits per heavy atom. The van der Waals surface area contributed by atoms with Gasteiger partial charge in [0, 0.05) is 12.3 Å². The molecule has 112 valence electrons. The molecule has 0 bridgehead atoms. The van der Waals surface area contributed by atoms with Gasteiger partial charge in [0.25, 0.3) is 5.91 Å². The van der Waals surface area contributed by atoms with Gasteiger partial charge in [0.15, 0.2) is 0 Å². The number of alkyl halides is 3. The van der Waals surface area contributed by atoms with Crippen molar-refractivity contribution in [2.24, 2.45) is 0 Å². The number of rotatable bonds is 2. The first-order valence-corrected chi connectivity index (χ1v) is 6.43. The Kier molecular flexibility index (Phi) is 3.32. The van der Waals surface area contributed by atoms with E-state index in [2.05, 4.69) is 15.3 Å². The molecular formula is C13H12F3N3O2. The molecule has 0 saturated carbocycles. The van der Waals surface area contributed by atoms with Crippen LogP contribution < -0.4 is 5.32 Å². The highest BCUT2D eigenvalue weighted by Crippen LogP contribution is 2.29. The Bertz CT molecular complexity index is 675. The van der Waals surface area contributed by atoms with Crippen molar-refractivity contribution in [2.75, 3.05) is 11.9 Å². The standard InChI is InChI=1S/C13H12F3N3O2/c14-13(15,16)12-18-8-4-3-7(6-9(8)19-12)17-11(20)10-2-1-5-21-10/h3-4,6,10H,1-2,5H2,(H,17,20)(H,18,19). The Morgan fingerprint density at radius 2 is 2.24 bits per heavy atom. The molecule has 1 aliphatic rings. The van der Waals surface area contributed by atoms with Crippen LogP contribution in [-0.2, 0) is 15.7 Å². The number of fused-ring (bicyclic) bond motifs is 1. The second kappa shape index (κ2) is 5.03. The van der Waals surface area contributed by atoms with E-state index < -0.39 is 18.1 Å². The number of hydrogen-bond donors (Lipinski definition) is 2. The number of anilines is 1. The molecule has 0 spiro atoms. The second-order valence-corrected chi connectivity index (χ2v) is 4.81. The smallest absolute Gasteiger partial charge is 0.368 e. The van der Waals surface area contributed by atoms with E-state index in [1.807, 2.05) is 0 Å². The van der Waals surface area contributed by atoms with E-state index in [-0.39, 0.29) is 16.9 Å². The van der Waals surface area contributed by atoms with Crippen molar-refractivity contribution in [3.05, 3.63) is 24.0 Å². The molecule has 1 amide bonds. The van der Waals surface area contributed by atoms with E-state index >= 15 is 0 Å². The third-order valence-corrected chi connectivity index (χ3v) is 3.24. The summed E-state index contributed by atoms with van der Waals surface area (Å²) < 4.78 is 42.9. The summed E-state index contributed by atoms with van der Waals surface area (Å²) in [4.78, 5) is 17.5. The highest BCUT2D eigenvalue weighted by molar-refractivity contribution is 5.96. The fraction of sp³-hybridized carbons (Fsp3) is 0.385. The van der Waals surface area contributed by atoms with E-state index in [0.29, 0.717) is 18.7 Å². The van der Waals surface area contributed by atoms with Crippen LogP contribution in [-0.4, -0.2) is 28.6 Å². The third kappa shape index (κ3) is 2.85. The van der Waals surface area contributed by atoms with E-state index in [4.69, 9.17) is 4.74 Å². The number of carbonyl (C=O) groups is 1. The van der Waals surface area contributed by atoms with Crippen LogP contribution in [0.2, 0.25) is 0 Å². The minimum atomic E-state index is -4.53. The van der Waals surface area contributed by atoms with Crippen molar-refractivity contribution >= 4 is 22.6 Å². The normalized spacial score (nSPS) is 19.1. The van der Waals surface area contributed by atoms with E-state index in [1.165, 1.54) is 18.2 Å². The first-order valence-electron chi connectivity index (χ1n) is 6.43. The molecule has 0 radical (unpaired) electrons. The van der Waals surface area contributed by atoms with Gasteiger partial charge in [-0.05, 0) is 31.0 Å². The number of ether oxygens (including phenoxy) is 1. The number of imidazole rings is 1. The van der Waals surface area contributed by atoms with Crippen LogP contribution in [0.1, 0.15) is 18.7 Å². The van der Waals surface area contributed by atoms with Gasteiger partial charge in [-0.3, -0.25) is 4.79 Å². The average molecular weight is 299 g/mol. The highest BCUT2D eigenvalue weighted by atomic mass is 19.4. The number of benzene rings is 1. The quantitative estimate of drug-likeness (QED) is 0.896. The summed E-state index contributed by atoms with van der Waals surface area (Å²) in [5.74, 6) is -1.34. The molecular weight excluding hydrogens is 287 g/mol. The molecule has 8 heteroatoms. The van der Waals surface area contributed by atoms with Crippen molar-refractivity contribution in [3.8, 4) is 0 Å². The summed E-state index contributed by atoms with van der Waals surface area (Å²) in [5.41, 5.74) is 0.810. The van der Waals surface area contributed by atoms with Crippen LogP contribution >= 0.6 is 0 Å². The van der Waals surface area contributed by atoms with Crippen molar-refractivity contribution in [3.63, 3.8) is 0 Å². The van der Waals surface area contributed by atoms with Gasteiger partial charge in [-0.1, -0.05) is 0 Å². The lowest BCUT2D eigenvalue weighted by molar-refractivity contribution is -0.144. The summed E-state index contributed by atoms with van der Waals surface area (Å²) in [7, 11) is 0. The van der Waals surface area contributed by atoms with Gasteiger partial charge < -0.3 is 15.0 Å². The van der Waals surface area contributed by atoms with Crippen LogP contribution in [0.3, 0.4) is 0 Å². The van der Waals surface area contributed by atoms with Gasteiger partial charge >= 0.3 is 6.18 Å². The Hall–Kier alpha value is -2.09. The average Bonchev–Trinajstić information content (AvgIpc) is 3.06. The largest absolute Gasteiger partial charge is 0.449 e. The molecule has 1 atom stereocenters. The molecule has 2 aromatic rings.